The average molecular weight is 396 g/mol. The monoisotopic (exact) mass is 395 g/mol. The van der Waals surface area contributed by atoms with Gasteiger partial charge in [0, 0.05) is 58.4 Å². The second-order valence-electron chi connectivity index (χ2n) is 7.48. The largest absolute Gasteiger partial charge is 0.381 e. The van der Waals surface area contributed by atoms with Crippen LogP contribution in [0.5, 0.6) is 0 Å². The Morgan fingerprint density at radius 3 is 2.79 bits per heavy atom. The average Bonchev–Trinajstić information content (AvgIpc) is 3.18. The van der Waals surface area contributed by atoms with Crippen LogP contribution in [0.2, 0.25) is 0 Å². The van der Waals surface area contributed by atoms with E-state index in [0.717, 1.165) is 89.9 Å². The van der Waals surface area contributed by atoms with Crippen molar-refractivity contribution in [1.82, 2.24) is 20.8 Å². The third-order valence-corrected chi connectivity index (χ3v) is 4.62. The van der Waals surface area contributed by atoms with Gasteiger partial charge in [0.05, 0.1) is 0 Å². The minimum atomic E-state index is 0.292. The van der Waals surface area contributed by atoms with Crippen molar-refractivity contribution < 1.29 is 14.0 Å². The molecule has 0 unspecified atom stereocenters. The van der Waals surface area contributed by atoms with Crippen molar-refractivity contribution in [2.24, 2.45) is 10.9 Å². The van der Waals surface area contributed by atoms with Gasteiger partial charge in [-0.25, -0.2) is 0 Å². The van der Waals surface area contributed by atoms with Gasteiger partial charge in [0.15, 0.2) is 11.8 Å². The number of aryl methyl sites for hydroxylation is 1. The molecule has 1 saturated heterocycles. The Bertz CT molecular complexity index is 556. The van der Waals surface area contributed by atoms with E-state index in [9.17, 15) is 0 Å². The van der Waals surface area contributed by atoms with Gasteiger partial charge >= 0.3 is 0 Å². The predicted molar refractivity (Wildman–Crippen MR) is 110 cm³/mol. The van der Waals surface area contributed by atoms with Crippen molar-refractivity contribution in [3.8, 4) is 0 Å². The van der Waals surface area contributed by atoms with E-state index in [1.54, 1.807) is 0 Å². The molecule has 0 bridgehead atoms. The van der Waals surface area contributed by atoms with Crippen molar-refractivity contribution in [2.75, 3.05) is 46.1 Å². The molecule has 0 radical (unpaired) electrons. The van der Waals surface area contributed by atoms with Gasteiger partial charge in [0.2, 0.25) is 5.89 Å². The van der Waals surface area contributed by atoms with Crippen molar-refractivity contribution in [3.63, 3.8) is 0 Å². The molecule has 2 rings (SSSR count). The molecule has 1 aliphatic rings. The molecular formula is C20H37N5O3. The van der Waals surface area contributed by atoms with Crippen LogP contribution < -0.4 is 10.6 Å². The van der Waals surface area contributed by atoms with E-state index in [4.69, 9.17) is 14.0 Å². The summed E-state index contributed by atoms with van der Waals surface area (Å²) in [6, 6.07) is 0. The van der Waals surface area contributed by atoms with E-state index in [-0.39, 0.29) is 0 Å². The smallest absolute Gasteiger partial charge is 0.226 e. The fraction of sp³-hybridized carbons (Fsp3) is 0.850. The molecule has 2 heterocycles. The van der Waals surface area contributed by atoms with Gasteiger partial charge in [-0.1, -0.05) is 19.0 Å². The molecule has 1 aliphatic heterocycles. The van der Waals surface area contributed by atoms with E-state index in [0.29, 0.717) is 17.7 Å². The Kier molecular flexibility index (Phi) is 10.9. The van der Waals surface area contributed by atoms with Gasteiger partial charge in [-0.15, -0.1) is 0 Å². The van der Waals surface area contributed by atoms with Gasteiger partial charge in [-0.3, -0.25) is 4.99 Å². The summed E-state index contributed by atoms with van der Waals surface area (Å²) in [5, 5.41) is 10.6. The maximum Gasteiger partial charge on any atom is 0.226 e. The number of aromatic nitrogens is 2. The first-order valence-corrected chi connectivity index (χ1v) is 10.7. The molecule has 0 saturated carbocycles. The molecule has 0 aliphatic carbocycles. The third kappa shape index (κ3) is 9.01. The van der Waals surface area contributed by atoms with E-state index in [1.165, 1.54) is 0 Å². The highest BCUT2D eigenvalue weighted by molar-refractivity contribution is 5.79. The fourth-order valence-corrected chi connectivity index (χ4v) is 2.91. The molecular weight excluding hydrogens is 358 g/mol. The normalized spacial score (nSPS) is 15.9. The van der Waals surface area contributed by atoms with Crippen LogP contribution >= 0.6 is 0 Å². The number of guanidine groups is 1. The Balaban J connectivity index is 1.56. The van der Waals surface area contributed by atoms with Gasteiger partial charge in [0.1, 0.15) is 0 Å². The minimum absolute atomic E-state index is 0.292. The molecule has 1 aromatic heterocycles. The molecule has 2 N–H and O–H groups in total. The molecule has 8 nitrogen and oxygen atoms in total. The second kappa shape index (κ2) is 13.5. The Morgan fingerprint density at radius 2 is 2.07 bits per heavy atom. The van der Waals surface area contributed by atoms with Crippen LogP contribution in [0, 0.1) is 5.92 Å². The Labute approximate surface area is 168 Å². The van der Waals surface area contributed by atoms with E-state index in [2.05, 4.69) is 46.5 Å². The lowest BCUT2D eigenvalue weighted by Crippen LogP contribution is -2.38. The molecule has 28 heavy (non-hydrogen) atoms. The SMILES string of the molecule is CCNC(=NCCCc1nc(C(C)C)no1)NCCCOCC1CCOCC1. The summed E-state index contributed by atoms with van der Waals surface area (Å²) in [4.78, 5) is 9.01. The van der Waals surface area contributed by atoms with Crippen LogP contribution in [0.15, 0.2) is 9.52 Å². The Hall–Kier alpha value is -1.67. The summed E-state index contributed by atoms with van der Waals surface area (Å²) in [5.41, 5.74) is 0. The molecule has 8 heteroatoms. The molecule has 1 fully saturated rings. The van der Waals surface area contributed by atoms with Crippen molar-refractivity contribution >= 4 is 5.96 Å². The molecule has 0 amide bonds. The van der Waals surface area contributed by atoms with Gasteiger partial charge in [-0.2, -0.15) is 4.98 Å². The number of ether oxygens (including phenoxy) is 2. The maximum atomic E-state index is 5.80. The van der Waals surface area contributed by atoms with Crippen LogP contribution in [-0.4, -0.2) is 62.2 Å². The fourth-order valence-electron chi connectivity index (χ4n) is 2.91. The lowest BCUT2D eigenvalue weighted by atomic mass is 10.0. The molecule has 160 valence electrons. The summed E-state index contributed by atoms with van der Waals surface area (Å²) in [6.45, 7) is 12.0. The molecule has 0 atom stereocenters. The van der Waals surface area contributed by atoms with Crippen molar-refractivity contribution in [3.05, 3.63) is 11.7 Å². The molecule has 1 aromatic rings. The van der Waals surface area contributed by atoms with Crippen molar-refractivity contribution in [1.29, 1.82) is 0 Å². The zero-order valence-electron chi connectivity index (χ0n) is 17.7. The summed E-state index contributed by atoms with van der Waals surface area (Å²) < 4.78 is 16.4. The summed E-state index contributed by atoms with van der Waals surface area (Å²) in [5.74, 6) is 3.27. The number of hydrogen-bond acceptors (Lipinski definition) is 6. The first-order valence-electron chi connectivity index (χ1n) is 10.7. The first-order chi connectivity index (χ1) is 13.7. The number of aliphatic imine (C=N–C) groups is 1. The second-order valence-corrected chi connectivity index (χ2v) is 7.48. The first kappa shape index (κ1) is 22.6. The predicted octanol–water partition coefficient (Wildman–Crippen LogP) is 2.51. The minimum Gasteiger partial charge on any atom is -0.381 e. The number of nitrogens with zero attached hydrogens (tertiary/aromatic N) is 3. The molecule has 0 spiro atoms. The molecule has 0 aromatic carbocycles. The quantitative estimate of drug-likeness (QED) is 0.319. The van der Waals surface area contributed by atoms with Crippen LogP contribution in [0.1, 0.15) is 64.1 Å². The van der Waals surface area contributed by atoms with E-state index >= 15 is 0 Å². The van der Waals surface area contributed by atoms with Crippen molar-refractivity contribution in [2.45, 2.75) is 58.8 Å². The van der Waals surface area contributed by atoms with Gasteiger partial charge in [0.25, 0.3) is 0 Å². The number of nitrogens with one attached hydrogen (secondary N) is 2. The Morgan fingerprint density at radius 1 is 1.25 bits per heavy atom. The standard InChI is InChI=1S/C20H37N5O3/c1-4-21-20(22-10-5-7-18-24-19(16(2)3)25-28-18)23-11-6-12-27-15-17-8-13-26-14-9-17/h16-17H,4-15H2,1-3H3,(H2,21,22,23). The highest BCUT2D eigenvalue weighted by Crippen LogP contribution is 2.14. The number of hydrogen-bond donors (Lipinski definition) is 2. The van der Waals surface area contributed by atoms with E-state index in [1.807, 2.05) is 0 Å². The highest BCUT2D eigenvalue weighted by atomic mass is 16.5. The van der Waals surface area contributed by atoms with Gasteiger partial charge < -0.3 is 24.6 Å². The summed E-state index contributed by atoms with van der Waals surface area (Å²) in [7, 11) is 0. The van der Waals surface area contributed by atoms with Crippen LogP contribution in [-0.2, 0) is 15.9 Å². The van der Waals surface area contributed by atoms with Crippen LogP contribution in [0.25, 0.3) is 0 Å². The summed E-state index contributed by atoms with van der Waals surface area (Å²) in [6.07, 6.45) is 4.84. The lowest BCUT2D eigenvalue weighted by molar-refractivity contribution is 0.0203. The van der Waals surface area contributed by atoms with Crippen LogP contribution in [0.4, 0.5) is 0 Å². The van der Waals surface area contributed by atoms with E-state index < -0.39 is 0 Å². The van der Waals surface area contributed by atoms with Crippen LogP contribution in [0.3, 0.4) is 0 Å². The lowest BCUT2D eigenvalue weighted by Gasteiger charge is -2.21. The topological polar surface area (TPSA) is 93.8 Å². The van der Waals surface area contributed by atoms with Gasteiger partial charge in [-0.05, 0) is 38.5 Å². The zero-order chi connectivity index (χ0) is 20.0. The highest BCUT2D eigenvalue weighted by Gasteiger charge is 2.13. The zero-order valence-corrected chi connectivity index (χ0v) is 17.7. The maximum absolute atomic E-state index is 5.80. The number of rotatable bonds is 12. The third-order valence-electron chi connectivity index (χ3n) is 4.62. The summed E-state index contributed by atoms with van der Waals surface area (Å²) >= 11 is 0.